The van der Waals surface area contributed by atoms with Crippen molar-refractivity contribution in [2.45, 2.75) is 0 Å². The number of hydrogen-bond donors (Lipinski definition) is 2. The van der Waals surface area contributed by atoms with Gasteiger partial charge in [-0.05, 0) is 0 Å². The second-order valence-electron chi connectivity index (χ2n) is 2.05. The van der Waals surface area contributed by atoms with Gasteiger partial charge in [-0.3, -0.25) is 9.78 Å². The van der Waals surface area contributed by atoms with Gasteiger partial charge in [0.15, 0.2) is 5.65 Å². The first kappa shape index (κ1) is 6.37. The maximum atomic E-state index is 11.1. The first-order chi connectivity index (χ1) is 5.27. The van der Waals surface area contributed by atoms with Gasteiger partial charge in [0.2, 0.25) is 5.95 Å². The van der Waals surface area contributed by atoms with E-state index in [0.717, 1.165) is 0 Å². The van der Waals surface area contributed by atoms with E-state index in [9.17, 15) is 4.79 Å². The molecular formula is C5H5N4OP. The Morgan fingerprint density at radius 1 is 1.64 bits per heavy atom. The summed E-state index contributed by atoms with van der Waals surface area (Å²) in [5.74, 6) is 1.80. The maximum Gasteiger partial charge on any atom is 0.265 e. The second-order valence-corrected chi connectivity index (χ2v) is 3.10. The first-order valence-electron chi connectivity index (χ1n) is 2.96. The van der Waals surface area contributed by atoms with Crippen LogP contribution >= 0.6 is 8.19 Å². The third kappa shape index (κ3) is 0.897. The molecule has 0 saturated heterocycles. The Labute approximate surface area is 62.8 Å². The number of anilines is 1. The predicted molar refractivity (Wildman–Crippen MR) is 44.1 cm³/mol. The molecule has 0 bridgehead atoms. The van der Waals surface area contributed by atoms with E-state index in [2.05, 4.69) is 15.0 Å². The first-order valence-corrected chi connectivity index (χ1v) is 4.04. The molecule has 0 aliphatic heterocycles. The molecule has 0 aromatic carbocycles. The molecule has 1 unspecified atom stereocenters. The van der Waals surface area contributed by atoms with Gasteiger partial charge in [0.05, 0.1) is 0 Å². The molecule has 2 aromatic rings. The Kier molecular flexibility index (Phi) is 1.20. The lowest BCUT2D eigenvalue weighted by Gasteiger charge is -1.89. The summed E-state index contributed by atoms with van der Waals surface area (Å²) in [7, 11) is 0.321. The molecule has 0 radical (unpaired) electrons. The van der Waals surface area contributed by atoms with Crippen LogP contribution in [0.4, 0.5) is 5.95 Å². The molecule has 0 fully saturated rings. The number of aromatic nitrogens is 3. The van der Waals surface area contributed by atoms with Crippen LogP contribution in [0.2, 0.25) is 0 Å². The average Bonchev–Trinajstić information content (AvgIpc) is 2.34. The van der Waals surface area contributed by atoms with Crippen LogP contribution in [0.1, 0.15) is 0 Å². The van der Waals surface area contributed by atoms with Gasteiger partial charge in [0.1, 0.15) is 5.12 Å². The SMILES string of the molecule is Nc1nc2nc[pH]c2c(=O)[nH]1. The van der Waals surface area contributed by atoms with Crippen molar-refractivity contribution < 1.29 is 0 Å². The maximum absolute atomic E-state index is 11.1. The van der Waals surface area contributed by atoms with Crippen molar-refractivity contribution in [2.24, 2.45) is 0 Å². The number of fused-ring (bicyclic) bond motifs is 1. The summed E-state index contributed by atoms with van der Waals surface area (Å²) in [6, 6.07) is 0. The van der Waals surface area contributed by atoms with Crippen molar-refractivity contribution in [1.29, 1.82) is 0 Å². The van der Waals surface area contributed by atoms with Gasteiger partial charge in [-0.25, -0.2) is 4.98 Å². The number of rotatable bonds is 0. The Hall–Kier alpha value is -1.35. The minimum absolute atomic E-state index is 0.123. The fraction of sp³-hybridized carbons (Fsp3) is 0. The summed E-state index contributed by atoms with van der Waals surface area (Å²) >= 11 is 0. The molecule has 1 atom stereocenters. The van der Waals surface area contributed by atoms with Gasteiger partial charge < -0.3 is 5.73 Å². The predicted octanol–water partition coefficient (Wildman–Crippen LogP) is -0.0684. The summed E-state index contributed by atoms with van der Waals surface area (Å²) in [6.07, 6.45) is 0. The van der Waals surface area contributed by atoms with Crippen LogP contribution < -0.4 is 11.3 Å². The van der Waals surface area contributed by atoms with E-state index in [4.69, 9.17) is 5.73 Å². The minimum Gasteiger partial charge on any atom is -0.369 e. The third-order valence-corrected chi connectivity index (χ3v) is 2.31. The third-order valence-electron chi connectivity index (χ3n) is 1.31. The molecule has 2 rings (SSSR count). The van der Waals surface area contributed by atoms with Crippen molar-refractivity contribution in [1.82, 2.24) is 15.0 Å². The Bertz CT molecular complexity index is 445. The van der Waals surface area contributed by atoms with Crippen LogP contribution in [0.5, 0.6) is 0 Å². The van der Waals surface area contributed by atoms with E-state index in [1.807, 2.05) is 0 Å². The Balaban J connectivity index is 3.02. The van der Waals surface area contributed by atoms with Crippen molar-refractivity contribution in [3.8, 4) is 0 Å². The number of hydrogen-bond acceptors (Lipinski definition) is 4. The smallest absolute Gasteiger partial charge is 0.265 e. The molecule has 11 heavy (non-hydrogen) atoms. The Morgan fingerprint density at radius 2 is 2.45 bits per heavy atom. The van der Waals surface area contributed by atoms with Crippen LogP contribution in [-0.2, 0) is 0 Å². The van der Waals surface area contributed by atoms with E-state index in [1.165, 1.54) is 0 Å². The summed E-state index contributed by atoms with van der Waals surface area (Å²) in [5, 5.41) is 0.624. The van der Waals surface area contributed by atoms with Crippen LogP contribution in [0, 0.1) is 0 Å². The highest BCUT2D eigenvalue weighted by Crippen LogP contribution is 2.15. The zero-order valence-electron chi connectivity index (χ0n) is 5.46. The minimum atomic E-state index is -0.177. The Morgan fingerprint density at radius 3 is 3.27 bits per heavy atom. The van der Waals surface area contributed by atoms with Gasteiger partial charge >= 0.3 is 0 Å². The lowest BCUT2D eigenvalue weighted by atomic mass is 10.6. The molecular weight excluding hydrogens is 163 g/mol. The van der Waals surface area contributed by atoms with Crippen LogP contribution in [0.15, 0.2) is 10.7 Å². The van der Waals surface area contributed by atoms with Gasteiger partial charge in [-0.2, -0.15) is 4.98 Å². The summed E-state index contributed by atoms with van der Waals surface area (Å²) < 4.78 is 0. The van der Waals surface area contributed by atoms with Crippen molar-refractivity contribution in [2.75, 3.05) is 5.73 Å². The lowest BCUT2D eigenvalue weighted by Crippen LogP contribution is -2.09. The molecule has 6 heteroatoms. The van der Waals surface area contributed by atoms with Gasteiger partial charge in [0.25, 0.3) is 5.56 Å². The standard InChI is InChI=1S/C5H5N4OP/c6-5-8-3-2(4(10)9-5)11-1-7-3/h1,11H,(H3,6,8,9,10). The van der Waals surface area contributed by atoms with Crippen molar-refractivity contribution in [3.63, 3.8) is 0 Å². The van der Waals surface area contributed by atoms with E-state index < -0.39 is 0 Å². The molecule has 0 aliphatic carbocycles. The van der Waals surface area contributed by atoms with Gasteiger partial charge in [-0.1, -0.05) is 0 Å². The lowest BCUT2D eigenvalue weighted by molar-refractivity contribution is 1.18. The second kappa shape index (κ2) is 2.07. The highest BCUT2D eigenvalue weighted by molar-refractivity contribution is 7.36. The molecule has 3 N–H and O–H groups in total. The number of aromatic amines is 1. The molecule has 0 aliphatic rings. The quantitative estimate of drug-likeness (QED) is 0.576. The zero-order chi connectivity index (χ0) is 7.84. The molecule has 0 saturated carbocycles. The molecule has 0 spiro atoms. The fourth-order valence-corrected chi connectivity index (χ4v) is 1.62. The summed E-state index contributed by atoms with van der Waals surface area (Å²) in [5.41, 5.74) is 5.58. The number of nitrogens with zero attached hydrogens (tertiary/aromatic N) is 2. The van der Waals surface area contributed by atoms with Crippen molar-refractivity contribution in [3.05, 3.63) is 16.3 Å². The normalized spacial score (nSPS) is 11.3. The molecule has 2 heterocycles. The summed E-state index contributed by atoms with van der Waals surface area (Å²) in [4.78, 5) is 21.2. The van der Waals surface area contributed by atoms with Gasteiger partial charge in [0, 0.05) is 5.93 Å². The molecule has 56 valence electrons. The molecule has 5 nitrogen and oxygen atoms in total. The number of nitrogens with one attached hydrogen (secondary N) is 1. The number of nitrogens with two attached hydrogens (primary N) is 1. The molecule has 2 aromatic heterocycles. The average molecular weight is 168 g/mol. The number of nitrogen functional groups attached to an aromatic ring is 1. The topological polar surface area (TPSA) is 84.7 Å². The highest BCUT2D eigenvalue weighted by Gasteiger charge is 2.01. The molecule has 0 amide bonds. The van der Waals surface area contributed by atoms with E-state index in [1.54, 1.807) is 5.93 Å². The van der Waals surface area contributed by atoms with Gasteiger partial charge in [-0.15, -0.1) is 8.19 Å². The summed E-state index contributed by atoms with van der Waals surface area (Å²) in [6.45, 7) is 0. The largest absolute Gasteiger partial charge is 0.369 e. The van der Waals surface area contributed by atoms with Crippen LogP contribution in [0.25, 0.3) is 10.8 Å². The number of H-pyrrole nitrogens is 1. The highest BCUT2D eigenvalue weighted by atomic mass is 31.0. The van der Waals surface area contributed by atoms with Crippen molar-refractivity contribution >= 4 is 24.9 Å². The fourth-order valence-electron chi connectivity index (χ4n) is 0.860. The monoisotopic (exact) mass is 168 g/mol. The van der Waals surface area contributed by atoms with E-state index in [0.29, 0.717) is 19.0 Å². The van der Waals surface area contributed by atoms with Crippen LogP contribution in [0.3, 0.4) is 0 Å². The van der Waals surface area contributed by atoms with E-state index in [-0.39, 0.29) is 11.5 Å². The van der Waals surface area contributed by atoms with Crippen LogP contribution in [-0.4, -0.2) is 15.0 Å². The zero-order valence-corrected chi connectivity index (χ0v) is 6.46. The van der Waals surface area contributed by atoms with E-state index >= 15 is 0 Å².